The highest BCUT2D eigenvalue weighted by molar-refractivity contribution is 5.93. The van der Waals surface area contributed by atoms with Gasteiger partial charge in [-0.3, -0.25) is 9.63 Å². The van der Waals surface area contributed by atoms with E-state index in [-0.39, 0.29) is 12.0 Å². The van der Waals surface area contributed by atoms with Crippen molar-refractivity contribution in [3.8, 4) is 5.75 Å². The molecule has 4 heteroatoms. The summed E-state index contributed by atoms with van der Waals surface area (Å²) in [5, 5.41) is 0. The Hall–Kier alpha value is -1.55. The first-order chi connectivity index (χ1) is 9.65. The van der Waals surface area contributed by atoms with Crippen LogP contribution in [0.4, 0.5) is 0 Å². The van der Waals surface area contributed by atoms with Crippen LogP contribution in [0.5, 0.6) is 5.75 Å². The molecule has 1 aromatic rings. The highest BCUT2D eigenvalue weighted by atomic mass is 16.7. The van der Waals surface area contributed by atoms with E-state index in [9.17, 15) is 4.79 Å². The van der Waals surface area contributed by atoms with Gasteiger partial charge in [0.25, 0.3) is 5.91 Å². The molecule has 0 radical (unpaired) electrons. The van der Waals surface area contributed by atoms with Crippen molar-refractivity contribution in [3.05, 3.63) is 29.8 Å². The van der Waals surface area contributed by atoms with E-state index in [1.165, 1.54) is 12.8 Å². The summed E-state index contributed by atoms with van der Waals surface area (Å²) in [6.45, 7) is 4.88. The topological polar surface area (TPSA) is 47.6 Å². The van der Waals surface area contributed by atoms with Crippen LogP contribution >= 0.6 is 0 Å². The largest absolute Gasteiger partial charge is 0.493 e. The third kappa shape index (κ3) is 4.53. The molecule has 1 aromatic carbocycles. The number of hydroxylamine groups is 1. The van der Waals surface area contributed by atoms with Gasteiger partial charge in [0, 0.05) is 5.56 Å². The Labute approximate surface area is 120 Å². The summed E-state index contributed by atoms with van der Waals surface area (Å²) < 4.78 is 5.58. The lowest BCUT2D eigenvalue weighted by atomic mass is 10.2. The van der Waals surface area contributed by atoms with Gasteiger partial charge in [-0.25, -0.2) is 5.48 Å². The molecular weight excluding hydrogens is 254 g/mol. The monoisotopic (exact) mass is 277 g/mol. The van der Waals surface area contributed by atoms with Crippen LogP contribution in [0.25, 0.3) is 0 Å². The van der Waals surface area contributed by atoms with Crippen LogP contribution in [0.15, 0.2) is 24.3 Å². The first-order valence-corrected chi connectivity index (χ1v) is 7.34. The molecule has 1 saturated carbocycles. The minimum Gasteiger partial charge on any atom is -0.493 e. The fourth-order valence-corrected chi connectivity index (χ4v) is 2.17. The number of carbonyl (C=O) groups excluding carboxylic acids is 1. The number of hydrogen-bond donors (Lipinski definition) is 1. The van der Waals surface area contributed by atoms with Gasteiger partial charge in [-0.2, -0.15) is 0 Å². The predicted octanol–water partition coefficient (Wildman–Crippen LogP) is 3.33. The third-order valence-corrected chi connectivity index (χ3v) is 3.32. The van der Waals surface area contributed by atoms with Crippen molar-refractivity contribution in [1.29, 1.82) is 0 Å². The molecule has 1 aliphatic rings. The quantitative estimate of drug-likeness (QED) is 0.811. The fraction of sp³-hybridized carbons (Fsp3) is 0.562. The zero-order valence-corrected chi connectivity index (χ0v) is 12.2. The second-order valence-electron chi connectivity index (χ2n) is 5.68. The Bertz CT molecular complexity index is 422. The average Bonchev–Trinajstić information content (AvgIpc) is 2.96. The summed E-state index contributed by atoms with van der Waals surface area (Å²) in [6.07, 6.45) is 4.60. The molecule has 1 N–H and O–H groups in total. The summed E-state index contributed by atoms with van der Waals surface area (Å²) in [5.74, 6) is 1.07. The maximum atomic E-state index is 11.9. The number of benzene rings is 1. The lowest BCUT2D eigenvalue weighted by Crippen LogP contribution is -2.28. The number of ether oxygens (including phenoxy) is 1. The van der Waals surface area contributed by atoms with Gasteiger partial charge in [0.15, 0.2) is 0 Å². The van der Waals surface area contributed by atoms with Gasteiger partial charge in [-0.15, -0.1) is 0 Å². The molecule has 0 spiro atoms. The molecule has 0 atom stereocenters. The van der Waals surface area contributed by atoms with Crippen LogP contribution in [0, 0.1) is 5.92 Å². The molecule has 1 aliphatic carbocycles. The van der Waals surface area contributed by atoms with Crippen LogP contribution in [-0.2, 0) is 4.84 Å². The Balaban J connectivity index is 1.80. The highest BCUT2D eigenvalue weighted by Crippen LogP contribution is 2.20. The molecule has 0 aromatic heterocycles. The van der Waals surface area contributed by atoms with Crippen LogP contribution in [0.2, 0.25) is 0 Å². The summed E-state index contributed by atoms with van der Waals surface area (Å²) in [5.41, 5.74) is 3.11. The molecule has 20 heavy (non-hydrogen) atoms. The molecule has 0 heterocycles. The zero-order valence-electron chi connectivity index (χ0n) is 12.2. The molecule has 0 unspecified atom stereocenters. The molecular formula is C16H23NO3. The van der Waals surface area contributed by atoms with Crippen LogP contribution in [0.1, 0.15) is 49.9 Å². The minimum absolute atomic E-state index is 0.174. The Morgan fingerprint density at radius 2 is 1.90 bits per heavy atom. The Morgan fingerprint density at radius 3 is 2.50 bits per heavy atom. The maximum Gasteiger partial charge on any atom is 0.274 e. The molecule has 1 amide bonds. The summed E-state index contributed by atoms with van der Waals surface area (Å²) in [4.78, 5) is 17.3. The smallest absolute Gasteiger partial charge is 0.274 e. The van der Waals surface area contributed by atoms with Gasteiger partial charge in [0.05, 0.1) is 12.7 Å². The Morgan fingerprint density at radius 1 is 1.25 bits per heavy atom. The second kappa shape index (κ2) is 7.29. The lowest BCUT2D eigenvalue weighted by Gasteiger charge is -2.12. The minimum atomic E-state index is -0.202. The van der Waals surface area contributed by atoms with E-state index < -0.39 is 0 Å². The zero-order chi connectivity index (χ0) is 14.4. The Kier molecular flexibility index (Phi) is 5.41. The van der Waals surface area contributed by atoms with Gasteiger partial charge in [0.2, 0.25) is 0 Å². The molecule has 0 aliphatic heterocycles. The third-order valence-electron chi connectivity index (χ3n) is 3.32. The first-order valence-electron chi connectivity index (χ1n) is 7.34. The second-order valence-corrected chi connectivity index (χ2v) is 5.68. The van der Waals surface area contributed by atoms with Crippen molar-refractivity contribution in [1.82, 2.24) is 5.48 Å². The van der Waals surface area contributed by atoms with Crippen LogP contribution < -0.4 is 10.2 Å². The predicted molar refractivity (Wildman–Crippen MR) is 77.6 cm³/mol. The molecule has 110 valence electrons. The van der Waals surface area contributed by atoms with Crippen molar-refractivity contribution in [2.24, 2.45) is 5.92 Å². The number of hydrogen-bond acceptors (Lipinski definition) is 3. The molecule has 4 nitrogen and oxygen atoms in total. The first kappa shape index (κ1) is 14.9. The van der Waals surface area contributed by atoms with Crippen molar-refractivity contribution >= 4 is 5.91 Å². The average molecular weight is 277 g/mol. The number of carbonyl (C=O) groups is 1. The fourth-order valence-electron chi connectivity index (χ4n) is 2.17. The molecule has 1 fully saturated rings. The molecule has 2 rings (SSSR count). The van der Waals surface area contributed by atoms with E-state index in [0.29, 0.717) is 18.1 Å². The van der Waals surface area contributed by atoms with Gasteiger partial charge >= 0.3 is 0 Å². The van der Waals surface area contributed by atoms with E-state index >= 15 is 0 Å². The summed E-state index contributed by atoms with van der Waals surface area (Å²) in [6, 6.07) is 7.13. The van der Waals surface area contributed by atoms with Gasteiger partial charge < -0.3 is 4.74 Å². The lowest BCUT2D eigenvalue weighted by molar-refractivity contribution is -0.0124. The van der Waals surface area contributed by atoms with Crippen molar-refractivity contribution < 1.29 is 14.4 Å². The van der Waals surface area contributed by atoms with Crippen molar-refractivity contribution in [2.75, 3.05) is 6.61 Å². The van der Waals surface area contributed by atoms with E-state index in [1.807, 2.05) is 12.1 Å². The summed E-state index contributed by atoms with van der Waals surface area (Å²) >= 11 is 0. The van der Waals surface area contributed by atoms with Gasteiger partial charge in [-0.1, -0.05) is 26.7 Å². The molecule has 0 saturated heterocycles. The number of nitrogens with one attached hydrogen (secondary N) is 1. The van der Waals surface area contributed by atoms with E-state index in [0.717, 1.165) is 18.6 Å². The SMILES string of the molecule is CC(C)COc1ccc(C(=O)NOC2CCCC2)cc1. The van der Waals surface area contributed by atoms with E-state index in [4.69, 9.17) is 9.57 Å². The number of amides is 1. The maximum absolute atomic E-state index is 11.9. The van der Waals surface area contributed by atoms with Gasteiger partial charge in [0.1, 0.15) is 5.75 Å². The summed E-state index contributed by atoms with van der Waals surface area (Å²) in [7, 11) is 0. The van der Waals surface area contributed by atoms with Gasteiger partial charge in [-0.05, 0) is 43.0 Å². The van der Waals surface area contributed by atoms with Crippen LogP contribution in [-0.4, -0.2) is 18.6 Å². The highest BCUT2D eigenvalue weighted by Gasteiger charge is 2.17. The number of rotatable bonds is 6. The molecule has 0 bridgehead atoms. The van der Waals surface area contributed by atoms with Crippen LogP contribution in [0.3, 0.4) is 0 Å². The standard InChI is InChI=1S/C16H23NO3/c1-12(2)11-19-14-9-7-13(8-10-14)16(18)17-20-15-5-3-4-6-15/h7-10,12,15H,3-6,11H2,1-2H3,(H,17,18). The van der Waals surface area contributed by atoms with E-state index in [1.54, 1.807) is 12.1 Å². The van der Waals surface area contributed by atoms with Crippen molar-refractivity contribution in [2.45, 2.75) is 45.6 Å². The normalized spacial score (nSPS) is 15.6. The van der Waals surface area contributed by atoms with Crippen molar-refractivity contribution in [3.63, 3.8) is 0 Å². The van der Waals surface area contributed by atoms with E-state index in [2.05, 4.69) is 19.3 Å².